The first kappa shape index (κ1) is 36.6. The number of aromatic hydroxyl groups is 1. The van der Waals surface area contributed by atoms with Crippen molar-refractivity contribution in [3.8, 4) is 17.2 Å². The number of carbonyl (C=O) groups excluding carboxylic acids is 3. The Bertz CT molecular complexity index is 2430. The lowest BCUT2D eigenvalue weighted by molar-refractivity contribution is -0.126. The maximum Gasteiger partial charge on any atom is 0.520 e. The molecule has 0 aliphatic carbocycles. The van der Waals surface area contributed by atoms with Gasteiger partial charge in [-0.1, -0.05) is 48.5 Å². The van der Waals surface area contributed by atoms with Gasteiger partial charge >= 0.3 is 7.05 Å². The molecule has 2 saturated heterocycles. The molecule has 290 valence electrons. The highest BCUT2D eigenvalue weighted by atomic mass is 16.5. The molecule has 9 rings (SSSR count). The van der Waals surface area contributed by atoms with Gasteiger partial charge in [0, 0.05) is 72.8 Å². The number of amides is 3. The Balaban J connectivity index is 0.860. The van der Waals surface area contributed by atoms with Crippen LogP contribution in [0.3, 0.4) is 0 Å². The van der Waals surface area contributed by atoms with Crippen LogP contribution < -0.4 is 31.5 Å². The summed E-state index contributed by atoms with van der Waals surface area (Å²) < 4.78 is 12.3. The molecule has 57 heavy (non-hydrogen) atoms. The molecule has 5 aromatic rings. The highest BCUT2D eigenvalue weighted by Crippen LogP contribution is 2.46. The summed E-state index contributed by atoms with van der Waals surface area (Å²) in [5.41, 5.74) is 18.4. The second-order valence-corrected chi connectivity index (χ2v) is 15.6. The predicted molar refractivity (Wildman–Crippen MR) is 218 cm³/mol. The molecule has 0 atom stereocenters. The lowest BCUT2D eigenvalue weighted by atomic mass is 9.70. The van der Waals surface area contributed by atoms with Crippen molar-refractivity contribution in [3.05, 3.63) is 124 Å². The number of piperidine rings is 2. The molecular weight excluding hydrogens is 719 g/mol. The first-order valence-electron chi connectivity index (χ1n) is 19.7. The zero-order chi connectivity index (χ0) is 39.3. The number of phenols is 1. The topological polar surface area (TPSA) is 176 Å². The normalized spacial score (nSPS) is 17.7. The van der Waals surface area contributed by atoms with E-state index in [0.717, 1.165) is 53.5 Å². The van der Waals surface area contributed by atoms with Crippen LogP contribution in [0.2, 0.25) is 0 Å². The quantitative estimate of drug-likeness (QED) is 0.121. The third-order valence-electron chi connectivity index (χ3n) is 12.3. The Morgan fingerprint density at radius 3 is 2.44 bits per heavy atom. The zero-order valence-electron chi connectivity index (χ0n) is 31.6. The molecule has 1 aromatic heterocycles. The summed E-state index contributed by atoms with van der Waals surface area (Å²) in [6, 6.07) is 25.1. The van der Waals surface area contributed by atoms with Crippen molar-refractivity contribution >= 4 is 47.2 Å². The lowest BCUT2D eigenvalue weighted by Gasteiger charge is -2.38. The Labute approximate surface area is 330 Å². The van der Waals surface area contributed by atoms with Gasteiger partial charge in [-0.15, -0.1) is 0 Å². The molecule has 0 radical (unpaired) electrons. The molecule has 0 saturated carbocycles. The SMILES string of the molecule is NCc1cccc(C2CCN(C(=O)/C=C/c3ccc4c(c3O)C(=O)NB(c3cccc5[nH]c(C(=O)N6CCC7(CC6)COc6ccc(CN)cc67)cc35)O4)CC2)c1. The van der Waals surface area contributed by atoms with Crippen molar-refractivity contribution in [1.82, 2.24) is 20.0 Å². The number of carbonyl (C=O) groups is 3. The number of aromatic amines is 1. The summed E-state index contributed by atoms with van der Waals surface area (Å²) in [5, 5.41) is 14.8. The number of nitrogens with two attached hydrogens (primary N) is 2. The summed E-state index contributed by atoms with van der Waals surface area (Å²) in [4.78, 5) is 47.5. The molecule has 3 amide bonds. The second kappa shape index (κ2) is 14.8. The number of benzene rings is 4. The van der Waals surface area contributed by atoms with Crippen LogP contribution >= 0.6 is 0 Å². The standard InChI is InChI=1S/C44H45BN6O6/c46-24-27-3-1-4-31(21-27)29-13-17-50(18-14-29)39(52)12-9-30-8-11-38-40(41(30)53)42(54)49-45(57-38)34-5-2-6-35-32(34)23-36(48-35)43(55)51-19-15-44(16-20-51)26-56-37-10-7-28(25-47)22-33(37)44/h1-12,21-23,29,48,53H,13-20,24-26,46-47H2,(H,49,54)/b12-9+. The van der Waals surface area contributed by atoms with Gasteiger partial charge in [0.05, 0.1) is 6.61 Å². The minimum atomic E-state index is -0.869. The van der Waals surface area contributed by atoms with Crippen LogP contribution in [0.4, 0.5) is 0 Å². The second-order valence-electron chi connectivity index (χ2n) is 15.6. The molecule has 7 N–H and O–H groups in total. The monoisotopic (exact) mass is 764 g/mol. The third kappa shape index (κ3) is 6.70. The van der Waals surface area contributed by atoms with Crippen LogP contribution in [0.5, 0.6) is 17.2 Å². The van der Waals surface area contributed by atoms with E-state index in [4.69, 9.17) is 20.9 Å². The number of H-pyrrole nitrogens is 1. The van der Waals surface area contributed by atoms with Crippen molar-refractivity contribution in [3.63, 3.8) is 0 Å². The van der Waals surface area contributed by atoms with E-state index in [1.807, 2.05) is 53.4 Å². The third-order valence-corrected chi connectivity index (χ3v) is 12.3. The maximum atomic E-state index is 13.8. The van der Waals surface area contributed by atoms with Gasteiger partial charge in [0.15, 0.2) is 0 Å². The largest absolute Gasteiger partial charge is 0.537 e. The highest BCUT2D eigenvalue weighted by Gasteiger charge is 2.44. The number of likely N-dealkylation sites (tertiary alicyclic amines) is 2. The van der Waals surface area contributed by atoms with E-state index in [1.54, 1.807) is 17.0 Å². The van der Waals surface area contributed by atoms with Crippen LogP contribution in [-0.4, -0.2) is 77.4 Å². The summed E-state index contributed by atoms with van der Waals surface area (Å²) in [5.74, 6) is 0.464. The van der Waals surface area contributed by atoms with Crippen molar-refractivity contribution in [1.29, 1.82) is 0 Å². The van der Waals surface area contributed by atoms with E-state index in [0.29, 0.717) is 68.5 Å². The van der Waals surface area contributed by atoms with Crippen LogP contribution in [0, 0.1) is 0 Å². The van der Waals surface area contributed by atoms with E-state index >= 15 is 0 Å². The van der Waals surface area contributed by atoms with E-state index in [9.17, 15) is 19.5 Å². The van der Waals surface area contributed by atoms with Crippen LogP contribution in [0.15, 0.2) is 84.9 Å². The molecule has 0 unspecified atom stereocenters. The smallest absolute Gasteiger partial charge is 0.520 e. The Hall–Kier alpha value is -6.05. The molecule has 12 nitrogen and oxygen atoms in total. The summed E-state index contributed by atoms with van der Waals surface area (Å²) in [6.45, 7) is 4.00. The maximum absolute atomic E-state index is 13.8. The number of hydrogen-bond acceptors (Lipinski definition) is 8. The van der Waals surface area contributed by atoms with Crippen molar-refractivity contribution in [2.24, 2.45) is 11.5 Å². The molecule has 2 fully saturated rings. The van der Waals surface area contributed by atoms with E-state index in [1.165, 1.54) is 23.3 Å². The molecule has 5 heterocycles. The summed E-state index contributed by atoms with van der Waals surface area (Å²) >= 11 is 0. The number of nitrogens with one attached hydrogen (secondary N) is 2. The number of rotatable bonds is 7. The Kier molecular flexibility index (Phi) is 9.50. The Morgan fingerprint density at radius 2 is 1.65 bits per heavy atom. The summed E-state index contributed by atoms with van der Waals surface area (Å²) in [7, 11) is -0.869. The number of hydrogen-bond donors (Lipinski definition) is 5. The van der Waals surface area contributed by atoms with E-state index in [-0.39, 0.29) is 34.3 Å². The van der Waals surface area contributed by atoms with Gasteiger partial charge in [-0.05, 0) is 90.2 Å². The number of ether oxygens (including phenoxy) is 1. The van der Waals surface area contributed by atoms with Crippen molar-refractivity contribution in [2.75, 3.05) is 32.8 Å². The van der Waals surface area contributed by atoms with Gasteiger partial charge in [0.1, 0.15) is 28.5 Å². The van der Waals surface area contributed by atoms with Gasteiger partial charge in [-0.25, -0.2) is 0 Å². The molecule has 1 spiro atoms. The number of aromatic nitrogens is 1. The average molecular weight is 765 g/mol. The molecule has 13 heteroatoms. The summed E-state index contributed by atoms with van der Waals surface area (Å²) in [6.07, 6.45) is 6.26. The fraction of sp³-hybridized carbons (Fsp3) is 0.295. The van der Waals surface area contributed by atoms with E-state index in [2.05, 4.69) is 28.4 Å². The van der Waals surface area contributed by atoms with Crippen molar-refractivity contribution in [2.45, 2.75) is 50.1 Å². The minimum Gasteiger partial charge on any atom is -0.537 e. The molecule has 0 bridgehead atoms. The zero-order valence-corrected chi connectivity index (χ0v) is 31.6. The highest BCUT2D eigenvalue weighted by molar-refractivity contribution is 6.71. The van der Waals surface area contributed by atoms with Gasteiger partial charge in [0.2, 0.25) is 11.8 Å². The Morgan fingerprint density at radius 1 is 0.895 bits per heavy atom. The first-order valence-corrected chi connectivity index (χ1v) is 19.7. The molecule has 4 aliphatic rings. The fourth-order valence-corrected chi connectivity index (χ4v) is 8.99. The fourth-order valence-electron chi connectivity index (χ4n) is 8.99. The first-order chi connectivity index (χ1) is 27.7. The van der Waals surface area contributed by atoms with Crippen LogP contribution in [0.1, 0.15) is 80.3 Å². The molecule has 4 aromatic carbocycles. The van der Waals surface area contributed by atoms with Crippen LogP contribution in [0.25, 0.3) is 17.0 Å². The van der Waals surface area contributed by atoms with Crippen molar-refractivity contribution < 1.29 is 28.9 Å². The number of nitrogens with zero attached hydrogens (tertiary/aromatic N) is 2. The van der Waals surface area contributed by atoms with E-state index < -0.39 is 13.0 Å². The van der Waals surface area contributed by atoms with Crippen LogP contribution in [-0.2, 0) is 23.3 Å². The number of fused-ring (bicyclic) bond motifs is 4. The predicted octanol–water partition coefficient (Wildman–Crippen LogP) is 4.29. The van der Waals surface area contributed by atoms with Gasteiger partial charge in [-0.2, -0.15) is 0 Å². The molecule has 4 aliphatic heterocycles. The van der Waals surface area contributed by atoms with Gasteiger partial charge in [-0.3, -0.25) is 14.4 Å². The minimum absolute atomic E-state index is 0.00380. The average Bonchev–Trinajstić information content (AvgIpc) is 3.85. The van der Waals surface area contributed by atoms with Gasteiger partial charge in [0.25, 0.3) is 5.91 Å². The number of phenolic OH excluding ortho intramolecular Hbond substituents is 1. The molecular formula is C44H45BN6O6. The lowest BCUT2D eigenvalue weighted by Crippen LogP contribution is -2.55. The van der Waals surface area contributed by atoms with Gasteiger partial charge < -0.3 is 46.0 Å².